The highest BCUT2D eigenvalue weighted by Gasteiger charge is 2.31. The third-order valence-electron chi connectivity index (χ3n) is 4.47. The lowest BCUT2D eigenvalue weighted by Crippen LogP contribution is -2.39. The first-order valence-corrected chi connectivity index (χ1v) is 8.44. The summed E-state index contributed by atoms with van der Waals surface area (Å²) in [6, 6.07) is 11.1. The Kier molecular flexibility index (Phi) is 7.91. The van der Waals surface area contributed by atoms with E-state index in [-0.39, 0.29) is 0 Å². The maximum absolute atomic E-state index is 3.67. The van der Waals surface area contributed by atoms with E-state index in [2.05, 4.69) is 63.3 Å². The van der Waals surface area contributed by atoms with Crippen LogP contribution in [0.3, 0.4) is 0 Å². The van der Waals surface area contributed by atoms with Crippen LogP contribution < -0.4 is 5.32 Å². The molecule has 0 saturated carbocycles. The monoisotopic (exact) mass is 275 g/mol. The number of benzene rings is 1. The molecule has 1 nitrogen and oxygen atoms in total. The van der Waals surface area contributed by atoms with E-state index in [0.29, 0.717) is 5.41 Å². The van der Waals surface area contributed by atoms with Gasteiger partial charge in [-0.1, -0.05) is 70.9 Å². The van der Waals surface area contributed by atoms with Gasteiger partial charge in [0.25, 0.3) is 0 Å². The summed E-state index contributed by atoms with van der Waals surface area (Å²) < 4.78 is 0. The van der Waals surface area contributed by atoms with Crippen molar-refractivity contribution in [1.82, 2.24) is 5.32 Å². The van der Waals surface area contributed by atoms with Crippen molar-refractivity contribution in [3.05, 3.63) is 35.9 Å². The van der Waals surface area contributed by atoms with Crippen molar-refractivity contribution >= 4 is 0 Å². The molecule has 0 aromatic heterocycles. The fraction of sp³-hybridized carbons (Fsp3) is 0.684. The van der Waals surface area contributed by atoms with Crippen molar-refractivity contribution in [1.29, 1.82) is 0 Å². The van der Waals surface area contributed by atoms with Crippen molar-refractivity contribution < 1.29 is 0 Å². The smallest absolute Gasteiger partial charge is 0.00777 e. The van der Waals surface area contributed by atoms with E-state index in [0.717, 1.165) is 19.0 Å². The molecule has 0 spiro atoms. The topological polar surface area (TPSA) is 12.0 Å². The van der Waals surface area contributed by atoms with Crippen LogP contribution in [0.15, 0.2) is 30.3 Å². The van der Waals surface area contributed by atoms with Crippen LogP contribution in [0.5, 0.6) is 0 Å². The van der Waals surface area contributed by atoms with E-state index < -0.39 is 0 Å². The van der Waals surface area contributed by atoms with E-state index in [4.69, 9.17) is 0 Å². The molecule has 0 saturated heterocycles. The molecule has 114 valence electrons. The van der Waals surface area contributed by atoms with Crippen molar-refractivity contribution in [2.24, 2.45) is 5.92 Å². The zero-order valence-corrected chi connectivity index (χ0v) is 13.9. The highest BCUT2D eigenvalue weighted by atomic mass is 14.9. The summed E-state index contributed by atoms with van der Waals surface area (Å²) in [7, 11) is 0. The molecule has 2 atom stereocenters. The SMILES string of the molecule is CCCNCC(CC)(CC(C)CCC)c1ccccc1. The molecule has 1 rings (SSSR count). The summed E-state index contributed by atoms with van der Waals surface area (Å²) in [5.74, 6) is 0.795. The van der Waals surface area contributed by atoms with E-state index in [1.807, 2.05) is 0 Å². The maximum Gasteiger partial charge on any atom is 0.00777 e. The number of nitrogens with one attached hydrogen (secondary N) is 1. The Bertz CT molecular complexity index is 346. The highest BCUT2D eigenvalue weighted by Crippen LogP contribution is 2.35. The first-order chi connectivity index (χ1) is 9.68. The second-order valence-corrected chi connectivity index (χ2v) is 6.27. The molecule has 1 heteroatoms. The molecular formula is C19H33N. The van der Waals surface area contributed by atoms with Crippen LogP contribution in [-0.4, -0.2) is 13.1 Å². The highest BCUT2D eigenvalue weighted by molar-refractivity contribution is 5.26. The summed E-state index contributed by atoms with van der Waals surface area (Å²) in [6.45, 7) is 11.5. The summed E-state index contributed by atoms with van der Waals surface area (Å²) in [4.78, 5) is 0. The molecule has 2 unspecified atom stereocenters. The third-order valence-corrected chi connectivity index (χ3v) is 4.47. The number of rotatable bonds is 10. The van der Waals surface area contributed by atoms with E-state index >= 15 is 0 Å². The van der Waals surface area contributed by atoms with Crippen LogP contribution in [0, 0.1) is 5.92 Å². The Labute approximate surface area is 126 Å². The van der Waals surface area contributed by atoms with Crippen molar-refractivity contribution in [3.8, 4) is 0 Å². The molecular weight excluding hydrogens is 242 g/mol. The maximum atomic E-state index is 3.67. The molecule has 0 heterocycles. The molecule has 0 amide bonds. The predicted molar refractivity (Wildman–Crippen MR) is 90.3 cm³/mol. The second-order valence-electron chi connectivity index (χ2n) is 6.27. The number of hydrogen-bond acceptors (Lipinski definition) is 1. The molecule has 1 aromatic rings. The zero-order chi connectivity index (χ0) is 14.8. The van der Waals surface area contributed by atoms with Gasteiger partial charge in [0.2, 0.25) is 0 Å². The van der Waals surface area contributed by atoms with Crippen molar-refractivity contribution in [2.45, 2.75) is 65.2 Å². The average Bonchev–Trinajstić information content (AvgIpc) is 2.47. The van der Waals surface area contributed by atoms with E-state index in [1.54, 1.807) is 0 Å². The summed E-state index contributed by atoms with van der Waals surface area (Å²) in [5.41, 5.74) is 1.81. The first-order valence-electron chi connectivity index (χ1n) is 8.44. The second kappa shape index (κ2) is 9.18. The molecule has 0 radical (unpaired) electrons. The minimum absolute atomic E-state index is 0.297. The van der Waals surface area contributed by atoms with Gasteiger partial charge in [0, 0.05) is 12.0 Å². The summed E-state index contributed by atoms with van der Waals surface area (Å²) >= 11 is 0. The van der Waals surface area contributed by atoms with Gasteiger partial charge in [0.05, 0.1) is 0 Å². The molecule has 0 aliphatic carbocycles. The average molecular weight is 275 g/mol. The number of hydrogen-bond donors (Lipinski definition) is 1. The van der Waals surface area contributed by atoms with Gasteiger partial charge < -0.3 is 5.32 Å². The zero-order valence-electron chi connectivity index (χ0n) is 13.9. The van der Waals surface area contributed by atoms with Crippen LogP contribution in [0.1, 0.15) is 65.4 Å². The fourth-order valence-electron chi connectivity index (χ4n) is 3.32. The fourth-order valence-corrected chi connectivity index (χ4v) is 3.32. The molecule has 0 aliphatic rings. The Balaban J connectivity index is 2.90. The van der Waals surface area contributed by atoms with Gasteiger partial charge in [-0.2, -0.15) is 0 Å². The molecule has 0 fully saturated rings. The van der Waals surface area contributed by atoms with E-state index in [9.17, 15) is 0 Å². The Morgan fingerprint density at radius 2 is 1.75 bits per heavy atom. The first kappa shape index (κ1) is 17.2. The van der Waals surface area contributed by atoms with Crippen LogP contribution in [0.2, 0.25) is 0 Å². The van der Waals surface area contributed by atoms with Gasteiger partial charge in [-0.25, -0.2) is 0 Å². The minimum atomic E-state index is 0.297. The van der Waals surface area contributed by atoms with Crippen LogP contribution >= 0.6 is 0 Å². The van der Waals surface area contributed by atoms with Gasteiger partial charge in [0.1, 0.15) is 0 Å². The third kappa shape index (κ3) is 4.94. The van der Waals surface area contributed by atoms with Crippen LogP contribution in [0.4, 0.5) is 0 Å². The largest absolute Gasteiger partial charge is 0.316 e. The van der Waals surface area contributed by atoms with Gasteiger partial charge >= 0.3 is 0 Å². The molecule has 1 aromatic carbocycles. The van der Waals surface area contributed by atoms with Crippen LogP contribution in [-0.2, 0) is 5.41 Å². The van der Waals surface area contributed by atoms with Gasteiger partial charge in [-0.15, -0.1) is 0 Å². The lowest BCUT2D eigenvalue weighted by Gasteiger charge is -2.36. The van der Waals surface area contributed by atoms with Gasteiger partial charge in [-0.05, 0) is 37.3 Å². The Morgan fingerprint density at radius 3 is 2.30 bits per heavy atom. The lowest BCUT2D eigenvalue weighted by molar-refractivity contribution is 0.291. The molecule has 1 N–H and O–H groups in total. The summed E-state index contributed by atoms with van der Waals surface area (Å²) in [6.07, 6.45) is 6.33. The summed E-state index contributed by atoms with van der Waals surface area (Å²) in [5, 5.41) is 3.67. The molecule has 20 heavy (non-hydrogen) atoms. The minimum Gasteiger partial charge on any atom is -0.316 e. The molecule has 0 bridgehead atoms. The normalized spacial score (nSPS) is 15.8. The van der Waals surface area contributed by atoms with Crippen LogP contribution in [0.25, 0.3) is 0 Å². The van der Waals surface area contributed by atoms with Crippen molar-refractivity contribution in [2.75, 3.05) is 13.1 Å². The van der Waals surface area contributed by atoms with E-state index in [1.165, 1.54) is 37.7 Å². The standard InChI is InChI=1S/C19H33N/c1-5-11-17(4)15-19(7-3,16-20-14-6-2)18-12-9-8-10-13-18/h8-10,12-13,17,20H,5-7,11,14-16H2,1-4H3. The van der Waals surface area contributed by atoms with Gasteiger partial charge in [-0.3, -0.25) is 0 Å². The van der Waals surface area contributed by atoms with Gasteiger partial charge in [0.15, 0.2) is 0 Å². The Morgan fingerprint density at radius 1 is 1.05 bits per heavy atom. The predicted octanol–water partition coefficient (Wildman–Crippen LogP) is 5.16. The quantitative estimate of drug-likeness (QED) is 0.582. The van der Waals surface area contributed by atoms with Crippen molar-refractivity contribution in [3.63, 3.8) is 0 Å². The lowest BCUT2D eigenvalue weighted by atomic mass is 9.71. The molecule has 0 aliphatic heterocycles. The Hall–Kier alpha value is -0.820.